The lowest BCUT2D eigenvalue weighted by Crippen LogP contribution is -1.87. The summed E-state index contributed by atoms with van der Waals surface area (Å²) in [5.74, 6) is 0. The number of hydrogen-bond acceptors (Lipinski definition) is 3. The zero-order valence-corrected chi connectivity index (χ0v) is 9.29. The molecule has 1 rings (SSSR count). The SMILES string of the molecule is CSc1cc(Cl)nc(C#N)c1Br. The van der Waals surface area contributed by atoms with E-state index < -0.39 is 0 Å². The summed E-state index contributed by atoms with van der Waals surface area (Å²) in [6.45, 7) is 0. The molecular weight excluding hydrogens is 260 g/mol. The summed E-state index contributed by atoms with van der Waals surface area (Å²) in [5.41, 5.74) is 0.326. The molecular formula is C7H4BrClN2S. The number of pyridine rings is 1. The normalized spacial score (nSPS) is 9.50. The molecule has 0 radical (unpaired) electrons. The summed E-state index contributed by atoms with van der Waals surface area (Å²) in [5, 5.41) is 9.00. The number of halogens is 2. The molecule has 0 unspecified atom stereocenters. The third-order valence-electron chi connectivity index (χ3n) is 1.22. The van der Waals surface area contributed by atoms with Gasteiger partial charge in [-0.05, 0) is 28.3 Å². The van der Waals surface area contributed by atoms with Gasteiger partial charge < -0.3 is 0 Å². The Kier molecular flexibility index (Phi) is 3.39. The molecule has 0 spiro atoms. The number of aromatic nitrogens is 1. The van der Waals surface area contributed by atoms with Crippen molar-refractivity contribution < 1.29 is 0 Å². The Morgan fingerprint density at radius 2 is 2.42 bits per heavy atom. The van der Waals surface area contributed by atoms with Crippen molar-refractivity contribution in [2.45, 2.75) is 4.90 Å². The van der Waals surface area contributed by atoms with E-state index >= 15 is 0 Å². The van der Waals surface area contributed by atoms with Crippen LogP contribution in [0.25, 0.3) is 0 Å². The van der Waals surface area contributed by atoms with Gasteiger partial charge in [0, 0.05) is 4.90 Å². The van der Waals surface area contributed by atoms with Crippen molar-refractivity contribution >= 4 is 39.3 Å². The minimum atomic E-state index is 0.326. The van der Waals surface area contributed by atoms with E-state index in [-0.39, 0.29) is 0 Å². The van der Waals surface area contributed by atoms with Gasteiger partial charge in [0.15, 0.2) is 5.69 Å². The number of rotatable bonds is 1. The molecule has 5 heteroatoms. The lowest BCUT2D eigenvalue weighted by atomic mass is 10.4. The molecule has 0 fully saturated rings. The van der Waals surface area contributed by atoms with Crippen molar-refractivity contribution in [3.05, 3.63) is 21.4 Å². The van der Waals surface area contributed by atoms with E-state index in [4.69, 9.17) is 16.9 Å². The van der Waals surface area contributed by atoms with Crippen LogP contribution in [0.2, 0.25) is 5.15 Å². The van der Waals surface area contributed by atoms with Crippen molar-refractivity contribution in [2.24, 2.45) is 0 Å². The Morgan fingerprint density at radius 3 is 2.92 bits per heavy atom. The lowest BCUT2D eigenvalue weighted by Gasteiger charge is -2.01. The summed E-state index contributed by atoms with van der Waals surface area (Å²) in [4.78, 5) is 4.77. The Balaban J connectivity index is 3.34. The smallest absolute Gasteiger partial charge is 0.157 e. The van der Waals surface area contributed by atoms with Gasteiger partial charge in [-0.2, -0.15) is 5.26 Å². The molecule has 0 aromatic carbocycles. The van der Waals surface area contributed by atoms with Crippen molar-refractivity contribution in [3.8, 4) is 6.07 Å². The van der Waals surface area contributed by atoms with Crippen LogP contribution in [0.1, 0.15) is 5.69 Å². The third kappa shape index (κ3) is 1.92. The first-order valence-electron chi connectivity index (χ1n) is 2.99. The average Bonchev–Trinajstić information content (AvgIpc) is 2.08. The maximum Gasteiger partial charge on any atom is 0.157 e. The van der Waals surface area contributed by atoms with Crippen LogP contribution in [0.4, 0.5) is 0 Å². The van der Waals surface area contributed by atoms with Crippen molar-refractivity contribution in [3.63, 3.8) is 0 Å². The van der Waals surface area contributed by atoms with Crippen LogP contribution >= 0.6 is 39.3 Å². The highest BCUT2D eigenvalue weighted by Crippen LogP contribution is 2.29. The van der Waals surface area contributed by atoms with Crippen LogP contribution in [0.3, 0.4) is 0 Å². The molecule has 0 atom stereocenters. The van der Waals surface area contributed by atoms with Crippen molar-refractivity contribution in [1.82, 2.24) is 4.98 Å². The van der Waals surface area contributed by atoms with Crippen LogP contribution < -0.4 is 0 Å². The third-order valence-corrected chi connectivity index (χ3v) is 3.24. The minimum Gasteiger partial charge on any atom is -0.224 e. The minimum absolute atomic E-state index is 0.326. The Morgan fingerprint density at radius 1 is 1.75 bits per heavy atom. The summed E-state index contributed by atoms with van der Waals surface area (Å²) in [6, 6.07) is 3.67. The molecule has 0 amide bonds. The summed E-state index contributed by atoms with van der Waals surface area (Å²) in [7, 11) is 0. The molecule has 0 aliphatic rings. The summed E-state index contributed by atoms with van der Waals surface area (Å²) >= 11 is 10.5. The molecule has 0 bridgehead atoms. The fourth-order valence-electron chi connectivity index (χ4n) is 0.699. The predicted octanol–water partition coefficient (Wildman–Crippen LogP) is 3.09. The standard InChI is InChI=1S/C7H4BrClN2S/c1-12-5-2-6(9)11-4(3-10)7(5)8/h2H,1H3. The van der Waals surface area contributed by atoms with Gasteiger partial charge >= 0.3 is 0 Å². The van der Waals surface area contributed by atoms with E-state index in [1.54, 1.807) is 6.07 Å². The van der Waals surface area contributed by atoms with Crippen LogP contribution in [-0.4, -0.2) is 11.2 Å². The fraction of sp³-hybridized carbons (Fsp3) is 0.143. The van der Waals surface area contributed by atoms with Gasteiger partial charge in [-0.15, -0.1) is 11.8 Å². The van der Waals surface area contributed by atoms with Crippen LogP contribution in [0.5, 0.6) is 0 Å². The monoisotopic (exact) mass is 262 g/mol. The Labute approximate surface area is 88.1 Å². The molecule has 62 valence electrons. The topological polar surface area (TPSA) is 36.7 Å². The van der Waals surface area contributed by atoms with Crippen molar-refractivity contribution in [2.75, 3.05) is 6.26 Å². The molecule has 0 N–H and O–H groups in total. The van der Waals surface area contributed by atoms with Crippen LogP contribution in [0, 0.1) is 11.3 Å². The summed E-state index contributed by atoms with van der Waals surface area (Å²) in [6.07, 6.45) is 1.91. The zero-order chi connectivity index (χ0) is 9.14. The molecule has 0 saturated heterocycles. The highest BCUT2D eigenvalue weighted by atomic mass is 79.9. The predicted molar refractivity (Wildman–Crippen MR) is 53.4 cm³/mol. The molecule has 0 aliphatic heterocycles. The number of thioether (sulfide) groups is 1. The molecule has 0 saturated carbocycles. The van der Waals surface area contributed by atoms with Gasteiger partial charge in [0.1, 0.15) is 11.2 Å². The zero-order valence-electron chi connectivity index (χ0n) is 6.14. The van der Waals surface area contributed by atoms with Crippen LogP contribution in [0.15, 0.2) is 15.4 Å². The molecule has 1 heterocycles. The maximum atomic E-state index is 8.65. The first-order chi connectivity index (χ1) is 5.69. The second kappa shape index (κ2) is 4.13. The van der Waals surface area contributed by atoms with Gasteiger partial charge in [0.2, 0.25) is 0 Å². The van der Waals surface area contributed by atoms with Gasteiger partial charge in [0.25, 0.3) is 0 Å². The number of hydrogen-bond donors (Lipinski definition) is 0. The van der Waals surface area contributed by atoms with Crippen LogP contribution in [-0.2, 0) is 0 Å². The molecule has 1 aromatic heterocycles. The highest BCUT2D eigenvalue weighted by molar-refractivity contribution is 9.10. The van der Waals surface area contributed by atoms with Gasteiger partial charge in [0.05, 0.1) is 4.47 Å². The number of nitrogens with zero attached hydrogens (tertiary/aromatic N) is 2. The molecule has 12 heavy (non-hydrogen) atoms. The maximum absolute atomic E-state index is 8.65. The van der Waals surface area contributed by atoms with Gasteiger partial charge in [-0.3, -0.25) is 0 Å². The Hall–Kier alpha value is -0.240. The highest BCUT2D eigenvalue weighted by Gasteiger charge is 2.07. The molecule has 0 aliphatic carbocycles. The Bertz CT molecular complexity index is 348. The van der Waals surface area contributed by atoms with Gasteiger partial charge in [-0.25, -0.2) is 4.98 Å². The van der Waals surface area contributed by atoms with E-state index in [0.29, 0.717) is 15.3 Å². The summed E-state index contributed by atoms with van der Waals surface area (Å²) < 4.78 is 0.710. The molecule has 2 nitrogen and oxygen atoms in total. The molecule has 1 aromatic rings. The van der Waals surface area contributed by atoms with E-state index in [1.165, 1.54) is 11.8 Å². The first kappa shape index (κ1) is 9.85. The van der Waals surface area contributed by atoms with E-state index in [1.807, 2.05) is 12.3 Å². The largest absolute Gasteiger partial charge is 0.224 e. The van der Waals surface area contributed by atoms with E-state index in [0.717, 1.165) is 4.90 Å². The van der Waals surface area contributed by atoms with E-state index in [2.05, 4.69) is 20.9 Å². The average molecular weight is 264 g/mol. The second-order valence-corrected chi connectivity index (χ2v) is 3.95. The fourth-order valence-corrected chi connectivity index (χ4v) is 2.24. The second-order valence-electron chi connectivity index (χ2n) is 1.92. The van der Waals surface area contributed by atoms with E-state index in [9.17, 15) is 0 Å². The quantitative estimate of drug-likeness (QED) is 0.577. The number of nitriles is 1. The lowest BCUT2D eigenvalue weighted by molar-refractivity contribution is 1.18. The first-order valence-corrected chi connectivity index (χ1v) is 5.38. The van der Waals surface area contributed by atoms with Crippen molar-refractivity contribution in [1.29, 1.82) is 5.26 Å². The van der Waals surface area contributed by atoms with Gasteiger partial charge in [-0.1, -0.05) is 11.6 Å².